The zero-order chi connectivity index (χ0) is 38.1. The number of hydrogen-bond donors (Lipinski definition) is 6. The highest BCUT2D eigenvalue weighted by Crippen LogP contribution is 2.44. The molecule has 0 spiro atoms. The molecule has 2 aliphatic heterocycles. The number of imidazole rings is 2. The Bertz CT molecular complexity index is 1960. The van der Waals surface area contributed by atoms with E-state index in [2.05, 4.69) is 46.4 Å². The maximum atomic E-state index is 11.9. The zero-order valence-electron chi connectivity index (χ0n) is 29.3. The summed E-state index contributed by atoms with van der Waals surface area (Å²) in [5.41, 5.74) is 3.84. The Labute approximate surface area is 322 Å². The molecule has 7 unspecified atom stereocenters. The summed E-state index contributed by atoms with van der Waals surface area (Å²) < 4.78 is 49.7. The van der Waals surface area contributed by atoms with Gasteiger partial charge in [0.15, 0.2) is 36.0 Å². The number of aliphatic hydroxyl groups excluding tert-OH is 4. The molecule has 4 N–H and O–H groups in total. The fourth-order valence-corrected chi connectivity index (χ4v) is 9.76. The first kappa shape index (κ1) is 39.9. The van der Waals surface area contributed by atoms with Crippen molar-refractivity contribution in [2.24, 2.45) is 5.92 Å². The average molecular weight is 827 g/mol. The molecule has 1 aliphatic carbocycles. The smallest absolute Gasteiger partial charge is 0.394 e. The van der Waals surface area contributed by atoms with E-state index in [4.69, 9.17) is 33.5 Å². The van der Waals surface area contributed by atoms with Gasteiger partial charge in [-0.1, -0.05) is 39.0 Å². The van der Waals surface area contributed by atoms with Crippen molar-refractivity contribution in [1.29, 1.82) is 0 Å². The van der Waals surface area contributed by atoms with Gasteiger partial charge in [-0.05, 0) is 34.3 Å². The van der Waals surface area contributed by atoms with E-state index in [0.717, 1.165) is 62.8 Å². The number of aliphatic hydroxyl groups is 4. The third-order valence-corrected chi connectivity index (χ3v) is 12.3. The molecule has 4 aromatic heterocycles. The molecule has 18 nitrogen and oxygen atoms in total. The van der Waals surface area contributed by atoms with Crippen LogP contribution in [0.2, 0.25) is 0 Å². The summed E-state index contributed by atoms with van der Waals surface area (Å²) in [7, 11) is -4.74. The molecule has 3 aliphatic rings. The van der Waals surface area contributed by atoms with Crippen LogP contribution in [0.5, 0.6) is 0 Å². The molecule has 4 aromatic rings. The van der Waals surface area contributed by atoms with Crippen LogP contribution < -0.4 is 0 Å². The topological polar surface area (TPSA) is 239 Å². The number of nitrogens with zero attached hydrogens (tertiary/aromatic N) is 8. The van der Waals surface area contributed by atoms with Crippen LogP contribution >= 0.6 is 39.0 Å². The molecule has 0 bridgehead atoms. The van der Waals surface area contributed by atoms with Crippen molar-refractivity contribution in [1.82, 2.24) is 39.0 Å². The number of rotatable bonds is 10. The van der Waals surface area contributed by atoms with Gasteiger partial charge in [-0.25, -0.2) is 29.9 Å². The molecule has 3 fully saturated rings. The van der Waals surface area contributed by atoms with Crippen LogP contribution in [-0.4, -0.2) is 109 Å². The lowest BCUT2D eigenvalue weighted by Gasteiger charge is -2.24. The highest BCUT2D eigenvalue weighted by Gasteiger charge is 2.51. The minimum atomic E-state index is -2.37. The predicted molar refractivity (Wildman–Crippen MR) is 199 cm³/mol. The van der Waals surface area contributed by atoms with Gasteiger partial charge in [0.1, 0.15) is 72.6 Å². The molecule has 0 radical (unpaired) electrons. The number of aromatic nitrogens is 8. The summed E-state index contributed by atoms with van der Waals surface area (Å²) in [6, 6.07) is 0. The molecule has 54 heavy (non-hydrogen) atoms. The van der Waals surface area contributed by atoms with E-state index in [-0.39, 0.29) is 17.8 Å². The van der Waals surface area contributed by atoms with Gasteiger partial charge in [-0.3, -0.25) is 9.13 Å². The molecule has 0 amide bonds. The van der Waals surface area contributed by atoms with Gasteiger partial charge in [0.2, 0.25) is 0 Å². The van der Waals surface area contributed by atoms with Crippen molar-refractivity contribution in [3.63, 3.8) is 0 Å². The molecule has 292 valence electrons. The molecule has 0 aromatic carbocycles. The molecule has 2 saturated heterocycles. The SMILES string of the molecule is CC1CCCC(c2ncnc3c2ncn3C2OC(CO)[C@@H](O)[C@H]2O[P+](=O)S)CCCCCC1c1ncnc2c1ncn2[C@@H]1O[C@H](CO)[C@@H](O)[C@H]1O[P+](=O)S. The highest BCUT2D eigenvalue weighted by atomic mass is 32.7. The van der Waals surface area contributed by atoms with Crippen LogP contribution in [0, 0.1) is 5.92 Å². The first-order chi connectivity index (χ1) is 26.1. The Balaban J connectivity index is 1.10. The molecule has 13 atom stereocenters. The second kappa shape index (κ2) is 17.4. The van der Waals surface area contributed by atoms with Crippen molar-refractivity contribution < 1.29 is 48.1 Å². The van der Waals surface area contributed by atoms with Gasteiger partial charge in [-0.15, -0.1) is 9.05 Å². The first-order valence-corrected chi connectivity index (χ1v) is 22.7. The third kappa shape index (κ3) is 7.95. The predicted octanol–water partition coefficient (Wildman–Crippen LogP) is 4.05. The minimum Gasteiger partial charge on any atom is -0.394 e. The lowest BCUT2D eigenvalue weighted by Crippen LogP contribution is -2.34. The quantitative estimate of drug-likeness (QED) is 0.0977. The van der Waals surface area contributed by atoms with Gasteiger partial charge in [0, 0.05) is 11.8 Å². The van der Waals surface area contributed by atoms with Gasteiger partial charge >= 0.3 is 14.5 Å². The molecule has 7 rings (SSSR count). The molecule has 6 heterocycles. The van der Waals surface area contributed by atoms with E-state index in [1.54, 1.807) is 21.8 Å². The summed E-state index contributed by atoms with van der Waals surface area (Å²) >= 11 is 7.73. The second-order valence-electron chi connectivity index (χ2n) is 14.1. The van der Waals surface area contributed by atoms with E-state index in [0.29, 0.717) is 22.3 Å². The lowest BCUT2D eigenvalue weighted by atomic mass is 9.82. The minimum absolute atomic E-state index is 0.0863. The van der Waals surface area contributed by atoms with Gasteiger partial charge in [0.05, 0.1) is 37.3 Å². The second-order valence-corrected chi connectivity index (χ2v) is 17.4. The molecular weight excluding hydrogens is 782 g/mol. The van der Waals surface area contributed by atoms with E-state index >= 15 is 0 Å². The molecule has 1 saturated carbocycles. The Hall–Kier alpha value is -2.32. The van der Waals surface area contributed by atoms with Crippen molar-refractivity contribution in [2.45, 2.75) is 119 Å². The fraction of sp³-hybridized carbons (Fsp3) is 0.688. The Morgan fingerprint density at radius 3 is 1.76 bits per heavy atom. The maximum absolute atomic E-state index is 11.9. The summed E-state index contributed by atoms with van der Waals surface area (Å²) in [5, 5.41) is 41.0. The van der Waals surface area contributed by atoms with Crippen LogP contribution in [0.1, 0.15) is 94.0 Å². The van der Waals surface area contributed by atoms with Crippen LogP contribution in [0.25, 0.3) is 22.3 Å². The van der Waals surface area contributed by atoms with Crippen LogP contribution in [-0.2, 0) is 27.7 Å². The highest BCUT2D eigenvalue weighted by molar-refractivity contribution is 8.39. The van der Waals surface area contributed by atoms with Gasteiger partial charge in [-0.2, -0.15) is 0 Å². The summed E-state index contributed by atoms with van der Waals surface area (Å²) in [5.74, 6) is 0.434. The van der Waals surface area contributed by atoms with Crippen molar-refractivity contribution >= 4 is 61.3 Å². The van der Waals surface area contributed by atoms with Gasteiger partial charge < -0.3 is 29.9 Å². The zero-order valence-corrected chi connectivity index (χ0v) is 32.9. The fourth-order valence-electron chi connectivity index (χ4n) is 8.23. The number of ether oxygens (including phenoxy) is 2. The Kier molecular flexibility index (Phi) is 12.9. The van der Waals surface area contributed by atoms with E-state index in [9.17, 15) is 29.6 Å². The van der Waals surface area contributed by atoms with E-state index < -0.39 is 76.8 Å². The third-order valence-electron chi connectivity index (χ3n) is 10.9. The molecule has 22 heteroatoms. The summed E-state index contributed by atoms with van der Waals surface area (Å²) in [6.07, 6.45) is 5.12. The standard InChI is InChI=1S/C32H42N8O10P2S2/c1-16-6-5-8-17(21-23-29(35-12-33-21)39(14-37-23)31-27(49-51(45)53)25(43)19(10-41)47-31)7-3-2-4-9-18(16)22-24-30(36-13-34-22)40(15-38-24)32-28(50-52(46)54)26(44)20(11-42)48-32/h12-20,25-28,31-32,41-44H,2-11H2,1H3/p+2/t16?,17?,18?,19?,20-,25-,26-,27-,28-,31?,32-/m1/s1. The van der Waals surface area contributed by atoms with Crippen LogP contribution in [0.15, 0.2) is 25.3 Å². The Morgan fingerprint density at radius 2 is 1.22 bits per heavy atom. The first-order valence-electron chi connectivity index (χ1n) is 18.0. The Morgan fingerprint density at radius 1 is 0.722 bits per heavy atom. The maximum Gasteiger partial charge on any atom is 0.582 e. The van der Waals surface area contributed by atoms with Crippen LogP contribution in [0.4, 0.5) is 0 Å². The van der Waals surface area contributed by atoms with Crippen molar-refractivity contribution in [3.05, 3.63) is 36.7 Å². The summed E-state index contributed by atoms with van der Waals surface area (Å²) in [4.78, 5) is 27.9. The monoisotopic (exact) mass is 826 g/mol. The normalized spacial score (nSPS) is 33.3. The number of fused-ring (bicyclic) bond motifs is 2. The van der Waals surface area contributed by atoms with Gasteiger partial charge in [0.25, 0.3) is 0 Å². The summed E-state index contributed by atoms with van der Waals surface area (Å²) in [6.45, 7) is 1.32. The van der Waals surface area contributed by atoms with E-state index in [1.807, 2.05) is 0 Å². The lowest BCUT2D eigenvalue weighted by molar-refractivity contribution is -0.0481. The number of hydrogen-bond acceptors (Lipinski definition) is 16. The largest absolute Gasteiger partial charge is 0.582 e. The molecular formula is C32H44N8O10P2S2+2. The number of thiol groups is 2. The van der Waals surface area contributed by atoms with Crippen molar-refractivity contribution in [2.75, 3.05) is 13.2 Å². The van der Waals surface area contributed by atoms with Crippen LogP contribution in [0.3, 0.4) is 0 Å². The van der Waals surface area contributed by atoms with Crippen molar-refractivity contribution in [3.8, 4) is 0 Å². The van der Waals surface area contributed by atoms with E-state index in [1.165, 1.54) is 12.7 Å². The average Bonchev–Trinajstić information content (AvgIpc) is 3.92.